The molecule has 1 fully saturated rings. The Morgan fingerprint density at radius 2 is 2.12 bits per heavy atom. The van der Waals surface area contributed by atoms with Crippen molar-refractivity contribution in [2.45, 2.75) is 18.4 Å². The lowest BCUT2D eigenvalue weighted by Gasteiger charge is -2.37. The van der Waals surface area contributed by atoms with Gasteiger partial charge in [0.25, 0.3) is 0 Å². The summed E-state index contributed by atoms with van der Waals surface area (Å²) in [6, 6.07) is 7.99. The molecule has 1 aromatic heterocycles. The van der Waals surface area contributed by atoms with E-state index in [1.54, 1.807) is 0 Å². The van der Waals surface area contributed by atoms with Crippen molar-refractivity contribution in [1.29, 1.82) is 0 Å². The van der Waals surface area contributed by atoms with Crippen LogP contribution in [0.1, 0.15) is 12.2 Å². The summed E-state index contributed by atoms with van der Waals surface area (Å²) in [4.78, 5) is 7.76. The summed E-state index contributed by atoms with van der Waals surface area (Å²) in [5.41, 5.74) is 1.55. The summed E-state index contributed by atoms with van der Waals surface area (Å²) in [6.45, 7) is 1.40. The van der Waals surface area contributed by atoms with Crippen LogP contribution < -0.4 is 5.32 Å². The predicted molar refractivity (Wildman–Crippen MR) is 62.2 cm³/mol. The molecule has 0 bridgehead atoms. The lowest BCUT2D eigenvalue weighted by molar-refractivity contribution is -0.0171. The largest absolute Gasteiger partial charge is 0.387 e. The number of hydrogen-bond donors (Lipinski definition) is 3. The van der Waals surface area contributed by atoms with Crippen LogP contribution in [-0.2, 0) is 6.42 Å². The van der Waals surface area contributed by atoms with Crippen LogP contribution in [0.15, 0.2) is 24.3 Å². The first-order valence-electron chi connectivity index (χ1n) is 5.62. The number of β-amino-alcohol motifs (C(OH)–C–C–N with tert-alkyl or cyclic N) is 1. The molecule has 2 aromatic rings. The summed E-state index contributed by atoms with van der Waals surface area (Å²) >= 11 is 0. The molecule has 4 heteroatoms. The van der Waals surface area contributed by atoms with E-state index in [1.165, 1.54) is 0 Å². The zero-order valence-electron chi connectivity index (χ0n) is 9.03. The highest BCUT2D eigenvalue weighted by Gasteiger charge is 2.33. The van der Waals surface area contributed by atoms with Crippen LogP contribution in [0.3, 0.4) is 0 Å². The molecule has 1 saturated heterocycles. The number of aliphatic hydroxyl groups is 1. The van der Waals surface area contributed by atoms with Crippen molar-refractivity contribution in [3.05, 3.63) is 30.1 Å². The van der Waals surface area contributed by atoms with E-state index in [0.717, 1.165) is 29.7 Å². The van der Waals surface area contributed by atoms with Crippen molar-refractivity contribution in [1.82, 2.24) is 15.3 Å². The fourth-order valence-corrected chi connectivity index (χ4v) is 2.07. The molecule has 4 nitrogen and oxygen atoms in total. The van der Waals surface area contributed by atoms with Crippen molar-refractivity contribution in [2.24, 2.45) is 0 Å². The third-order valence-electron chi connectivity index (χ3n) is 3.17. The molecule has 0 atom stereocenters. The predicted octanol–water partition coefficient (Wildman–Crippen LogP) is 0.830. The van der Waals surface area contributed by atoms with Crippen LogP contribution in [0.25, 0.3) is 11.0 Å². The molecule has 1 aliphatic rings. The number of rotatable bonds is 3. The highest BCUT2D eigenvalue weighted by Crippen LogP contribution is 2.19. The van der Waals surface area contributed by atoms with Gasteiger partial charge in [0.2, 0.25) is 0 Å². The van der Waals surface area contributed by atoms with Crippen LogP contribution >= 0.6 is 0 Å². The van der Waals surface area contributed by atoms with Gasteiger partial charge >= 0.3 is 0 Å². The third kappa shape index (κ3) is 1.70. The molecular formula is C12H15N3O. The Bertz CT molecular complexity index is 469. The molecule has 1 aromatic carbocycles. The van der Waals surface area contributed by atoms with Gasteiger partial charge in [-0.05, 0) is 18.6 Å². The second-order valence-electron chi connectivity index (χ2n) is 4.53. The van der Waals surface area contributed by atoms with Crippen molar-refractivity contribution in [3.8, 4) is 0 Å². The molecule has 3 rings (SSSR count). The second kappa shape index (κ2) is 3.57. The molecule has 0 amide bonds. The number of aryl methyl sites for hydroxylation is 1. The monoisotopic (exact) mass is 217 g/mol. The normalized spacial score (nSPS) is 18.6. The highest BCUT2D eigenvalue weighted by molar-refractivity contribution is 5.74. The molecule has 2 heterocycles. The first-order valence-corrected chi connectivity index (χ1v) is 5.62. The van der Waals surface area contributed by atoms with Crippen LogP contribution in [0.5, 0.6) is 0 Å². The number of imidazole rings is 1. The van der Waals surface area contributed by atoms with E-state index in [-0.39, 0.29) is 0 Å². The van der Waals surface area contributed by atoms with E-state index in [0.29, 0.717) is 13.1 Å². The number of benzene rings is 1. The van der Waals surface area contributed by atoms with Gasteiger partial charge in [-0.15, -0.1) is 0 Å². The van der Waals surface area contributed by atoms with Gasteiger partial charge in [-0.3, -0.25) is 0 Å². The third-order valence-corrected chi connectivity index (χ3v) is 3.17. The van der Waals surface area contributed by atoms with Crippen LogP contribution in [-0.4, -0.2) is 33.8 Å². The number of aromatic nitrogens is 2. The molecule has 84 valence electrons. The number of nitrogens with one attached hydrogen (secondary N) is 2. The van der Waals surface area contributed by atoms with Gasteiger partial charge in [0, 0.05) is 19.5 Å². The first-order chi connectivity index (χ1) is 7.75. The Balaban J connectivity index is 1.74. The molecule has 16 heavy (non-hydrogen) atoms. The average Bonchev–Trinajstić information content (AvgIpc) is 2.66. The maximum absolute atomic E-state index is 9.94. The van der Waals surface area contributed by atoms with Gasteiger partial charge in [0.15, 0.2) is 0 Å². The fraction of sp³-hybridized carbons (Fsp3) is 0.417. The fourth-order valence-electron chi connectivity index (χ4n) is 2.07. The minimum absolute atomic E-state index is 0.515. The molecule has 3 N–H and O–H groups in total. The number of hydrogen-bond acceptors (Lipinski definition) is 3. The Labute approximate surface area is 93.7 Å². The van der Waals surface area contributed by atoms with E-state index < -0.39 is 5.60 Å². The van der Waals surface area contributed by atoms with Crippen LogP contribution in [0.2, 0.25) is 0 Å². The summed E-state index contributed by atoms with van der Waals surface area (Å²) in [5, 5.41) is 13.0. The minimum atomic E-state index is -0.515. The van der Waals surface area contributed by atoms with Crippen molar-refractivity contribution < 1.29 is 5.11 Å². The topological polar surface area (TPSA) is 60.9 Å². The first kappa shape index (κ1) is 9.81. The van der Waals surface area contributed by atoms with Crippen LogP contribution in [0.4, 0.5) is 0 Å². The van der Waals surface area contributed by atoms with Crippen LogP contribution in [0, 0.1) is 0 Å². The molecule has 0 radical (unpaired) electrons. The zero-order chi connectivity index (χ0) is 11.0. The van der Waals surface area contributed by atoms with Gasteiger partial charge in [0.1, 0.15) is 5.82 Å². The Morgan fingerprint density at radius 1 is 1.31 bits per heavy atom. The van der Waals surface area contributed by atoms with Gasteiger partial charge in [-0.25, -0.2) is 4.98 Å². The average molecular weight is 217 g/mol. The Morgan fingerprint density at radius 3 is 2.81 bits per heavy atom. The molecule has 0 spiro atoms. The summed E-state index contributed by atoms with van der Waals surface area (Å²) < 4.78 is 0. The number of para-hydroxylation sites is 2. The van der Waals surface area contributed by atoms with Gasteiger partial charge in [-0.1, -0.05) is 12.1 Å². The molecular weight excluding hydrogens is 202 g/mol. The number of aromatic amines is 1. The molecule has 1 aliphatic heterocycles. The minimum Gasteiger partial charge on any atom is -0.387 e. The van der Waals surface area contributed by atoms with E-state index in [1.807, 2.05) is 24.3 Å². The number of H-pyrrole nitrogens is 1. The molecule has 0 saturated carbocycles. The number of fused-ring (bicyclic) bond motifs is 1. The maximum atomic E-state index is 9.94. The summed E-state index contributed by atoms with van der Waals surface area (Å²) in [5.74, 6) is 0.960. The molecule has 0 unspecified atom stereocenters. The van der Waals surface area contributed by atoms with Crippen molar-refractivity contribution in [2.75, 3.05) is 13.1 Å². The maximum Gasteiger partial charge on any atom is 0.107 e. The quantitative estimate of drug-likeness (QED) is 0.713. The van der Waals surface area contributed by atoms with Crippen molar-refractivity contribution in [3.63, 3.8) is 0 Å². The van der Waals surface area contributed by atoms with Crippen molar-refractivity contribution >= 4 is 11.0 Å². The smallest absolute Gasteiger partial charge is 0.107 e. The SMILES string of the molecule is OC1(CCc2nc3ccccc3[nH]2)CNC1. The second-order valence-corrected chi connectivity index (χ2v) is 4.53. The summed E-state index contributed by atoms with van der Waals surface area (Å²) in [6.07, 6.45) is 1.56. The van der Waals surface area contributed by atoms with Gasteiger partial charge < -0.3 is 15.4 Å². The number of nitrogens with zero attached hydrogens (tertiary/aromatic N) is 1. The standard InChI is InChI=1S/C12H15N3O/c16-12(7-13-8-12)6-5-11-14-9-3-1-2-4-10(9)15-11/h1-4,13,16H,5-8H2,(H,14,15). The van der Waals surface area contributed by atoms with E-state index in [2.05, 4.69) is 15.3 Å². The zero-order valence-corrected chi connectivity index (χ0v) is 9.03. The lowest BCUT2D eigenvalue weighted by Crippen LogP contribution is -2.59. The highest BCUT2D eigenvalue weighted by atomic mass is 16.3. The Hall–Kier alpha value is -1.39. The van der Waals surface area contributed by atoms with E-state index >= 15 is 0 Å². The summed E-state index contributed by atoms with van der Waals surface area (Å²) in [7, 11) is 0. The Kier molecular flexibility index (Phi) is 2.19. The van der Waals surface area contributed by atoms with Gasteiger partial charge in [-0.2, -0.15) is 0 Å². The van der Waals surface area contributed by atoms with Gasteiger partial charge in [0.05, 0.1) is 16.6 Å². The lowest BCUT2D eigenvalue weighted by atomic mass is 9.91. The van der Waals surface area contributed by atoms with E-state index in [4.69, 9.17) is 0 Å². The molecule has 0 aliphatic carbocycles. The van der Waals surface area contributed by atoms with E-state index in [9.17, 15) is 5.11 Å².